The monoisotopic (exact) mass is 314 g/mol. The first-order chi connectivity index (χ1) is 11.0. The van der Waals surface area contributed by atoms with Crippen LogP contribution in [0.3, 0.4) is 0 Å². The fraction of sp³-hybridized carbons (Fsp3) is 0.316. The number of methoxy groups -OCH3 is 1. The summed E-state index contributed by atoms with van der Waals surface area (Å²) in [5.41, 5.74) is 0.922. The molecular formula is C19H22O4. The lowest BCUT2D eigenvalue weighted by Crippen LogP contribution is -2.09. The number of ether oxygens (including phenoxy) is 3. The molecule has 0 radical (unpaired) electrons. The Morgan fingerprint density at radius 2 is 2.04 bits per heavy atom. The zero-order valence-corrected chi connectivity index (χ0v) is 14.0. The van der Waals surface area contributed by atoms with E-state index in [1.165, 1.54) is 6.92 Å². The highest BCUT2D eigenvalue weighted by Gasteiger charge is 2.18. The van der Waals surface area contributed by atoms with Gasteiger partial charge in [-0.1, -0.05) is 18.2 Å². The second-order valence-electron chi connectivity index (χ2n) is 5.50. The molecule has 122 valence electrons. The zero-order chi connectivity index (χ0) is 17.0. The van der Waals surface area contributed by atoms with Crippen LogP contribution in [0.1, 0.15) is 26.3 Å². The Balaban J connectivity index is 2.83. The Bertz CT molecular complexity index is 732. The summed E-state index contributed by atoms with van der Waals surface area (Å²) >= 11 is 0. The van der Waals surface area contributed by atoms with Gasteiger partial charge in [0.05, 0.1) is 18.6 Å². The largest absolute Gasteiger partial charge is 0.496 e. The minimum atomic E-state index is -0.376. The van der Waals surface area contributed by atoms with Gasteiger partial charge in [0.1, 0.15) is 17.2 Å². The number of allylic oxidation sites excluding steroid dienone is 1. The molecule has 0 fully saturated rings. The molecule has 0 spiro atoms. The number of hydrogen-bond donors (Lipinski definition) is 0. The second-order valence-corrected chi connectivity index (χ2v) is 5.50. The fourth-order valence-electron chi connectivity index (χ4n) is 2.53. The SMILES string of the molecule is C=CCc1cc(OC(C)=O)c2c(OC)cccc2c1OC(C)C. The molecule has 0 aliphatic heterocycles. The number of carbonyl (C=O) groups is 1. The zero-order valence-electron chi connectivity index (χ0n) is 14.0. The topological polar surface area (TPSA) is 44.8 Å². The van der Waals surface area contributed by atoms with Crippen LogP contribution in [0, 0.1) is 0 Å². The van der Waals surface area contributed by atoms with Crippen molar-refractivity contribution in [3.8, 4) is 17.2 Å². The van der Waals surface area contributed by atoms with Gasteiger partial charge >= 0.3 is 5.97 Å². The van der Waals surface area contributed by atoms with Gasteiger partial charge in [0, 0.05) is 17.9 Å². The molecule has 0 aromatic heterocycles. The molecule has 2 rings (SSSR count). The number of fused-ring (bicyclic) bond motifs is 1. The van der Waals surface area contributed by atoms with Gasteiger partial charge in [-0.05, 0) is 32.4 Å². The van der Waals surface area contributed by atoms with Crippen molar-refractivity contribution in [3.63, 3.8) is 0 Å². The summed E-state index contributed by atoms with van der Waals surface area (Å²) in [5.74, 6) is 1.50. The van der Waals surface area contributed by atoms with Crippen LogP contribution in [-0.4, -0.2) is 19.2 Å². The Kier molecular flexibility index (Phi) is 5.27. The molecule has 0 bridgehead atoms. The van der Waals surface area contributed by atoms with Crippen molar-refractivity contribution in [2.24, 2.45) is 0 Å². The highest BCUT2D eigenvalue weighted by Crippen LogP contribution is 2.42. The van der Waals surface area contributed by atoms with Gasteiger partial charge < -0.3 is 14.2 Å². The van der Waals surface area contributed by atoms with E-state index in [1.807, 2.05) is 38.1 Å². The average molecular weight is 314 g/mol. The van der Waals surface area contributed by atoms with E-state index in [0.29, 0.717) is 17.9 Å². The third kappa shape index (κ3) is 3.65. The minimum absolute atomic E-state index is 0.0209. The quantitative estimate of drug-likeness (QED) is 0.453. The molecule has 0 atom stereocenters. The molecule has 0 heterocycles. The van der Waals surface area contributed by atoms with Crippen LogP contribution in [0.25, 0.3) is 10.8 Å². The Morgan fingerprint density at radius 1 is 1.30 bits per heavy atom. The predicted octanol–water partition coefficient (Wildman–Crippen LogP) is 4.29. The summed E-state index contributed by atoms with van der Waals surface area (Å²) in [7, 11) is 1.59. The molecule has 23 heavy (non-hydrogen) atoms. The van der Waals surface area contributed by atoms with Crippen molar-refractivity contribution >= 4 is 16.7 Å². The first-order valence-corrected chi connectivity index (χ1v) is 7.56. The summed E-state index contributed by atoms with van der Waals surface area (Å²) in [6.07, 6.45) is 2.43. The van der Waals surface area contributed by atoms with E-state index in [1.54, 1.807) is 13.2 Å². The Hall–Kier alpha value is -2.49. The van der Waals surface area contributed by atoms with Crippen LogP contribution in [0.2, 0.25) is 0 Å². The van der Waals surface area contributed by atoms with E-state index < -0.39 is 0 Å². The third-order valence-corrected chi connectivity index (χ3v) is 3.31. The van der Waals surface area contributed by atoms with Crippen molar-refractivity contribution in [2.45, 2.75) is 33.3 Å². The van der Waals surface area contributed by atoms with Crippen molar-refractivity contribution in [2.75, 3.05) is 7.11 Å². The molecule has 0 amide bonds. The van der Waals surface area contributed by atoms with Crippen LogP contribution < -0.4 is 14.2 Å². The number of carbonyl (C=O) groups excluding carboxylic acids is 1. The molecule has 0 N–H and O–H groups in total. The number of benzene rings is 2. The minimum Gasteiger partial charge on any atom is -0.496 e. The van der Waals surface area contributed by atoms with Crippen molar-refractivity contribution in [3.05, 3.63) is 42.5 Å². The van der Waals surface area contributed by atoms with Gasteiger partial charge in [-0.3, -0.25) is 4.79 Å². The first kappa shape index (κ1) is 16.9. The molecular weight excluding hydrogens is 292 g/mol. The van der Waals surface area contributed by atoms with Gasteiger partial charge in [0.25, 0.3) is 0 Å². The van der Waals surface area contributed by atoms with Gasteiger partial charge in [-0.15, -0.1) is 6.58 Å². The molecule has 0 aliphatic rings. The van der Waals surface area contributed by atoms with Crippen molar-refractivity contribution in [1.82, 2.24) is 0 Å². The standard InChI is InChI=1S/C19H22O4/c1-6-8-14-11-17(23-13(4)20)18-15(19(14)22-12(2)3)9-7-10-16(18)21-5/h6-7,9-12H,1,8H2,2-5H3. The maximum absolute atomic E-state index is 11.5. The summed E-state index contributed by atoms with van der Waals surface area (Å²) in [6, 6.07) is 7.49. The molecule has 0 unspecified atom stereocenters. The Labute approximate surface area is 136 Å². The van der Waals surface area contributed by atoms with E-state index in [9.17, 15) is 4.79 Å². The van der Waals surface area contributed by atoms with E-state index in [4.69, 9.17) is 14.2 Å². The summed E-state index contributed by atoms with van der Waals surface area (Å²) in [5, 5.41) is 1.59. The van der Waals surface area contributed by atoms with Crippen molar-refractivity contribution < 1.29 is 19.0 Å². The number of esters is 1. The van der Waals surface area contributed by atoms with Crippen LogP contribution in [0.5, 0.6) is 17.2 Å². The van der Waals surface area contributed by atoms with E-state index in [-0.39, 0.29) is 12.1 Å². The molecule has 0 saturated carbocycles. The fourth-order valence-corrected chi connectivity index (χ4v) is 2.53. The van der Waals surface area contributed by atoms with Gasteiger partial charge in [0.15, 0.2) is 0 Å². The maximum atomic E-state index is 11.5. The average Bonchev–Trinajstić information content (AvgIpc) is 2.49. The highest BCUT2D eigenvalue weighted by atomic mass is 16.5. The number of hydrogen-bond acceptors (Lipinski definition) is 4. The van der Waals surface area contributed by atoms with E-state index in [2.05, 4.69) is 6.58 Å². The lowest BCUT2D eigenvalue weighted by Gasteiger charge is -2.19. The summed E-state index contributed by atoms with van der Waals surface area (Å²) in [6.45, 7) is 9.13. The number of rotatable bonds is 6. The lowest BCUT2D eigenvalue weighted by molar-refractivity contribution is -0.131. The van der Waals surface area contributed by atoms with Gasteiger partial charge in [-0.25, -0.2) is 0 Å². The highest BCUT2D eigenvalue weighted by molar-refractivity contribution is 6.00. The molecule has 0 saturated heterocycles. The van der Waals surface area contributed by atoms with Crippen LogP contribution >= 0.6 is 0 Å². The summed E-state index contributed by atoms with van der Waals surface area (Å²) < 4.78 is 16.9. The van der Waals surface area contributed by atoms with E-state index in [0.717, 1.165) is 22.1 Å². The van der Waals surface area contributed by atoms with Crippen LogP contribution in [0.15, 0.2) is 36.9 Å². The Morgan fingerprint density at radius 3 is 2.61 bits per heavy atom. The first-order valence-electron chi connectivity index (χ1n) is 7.56. The summed E-state index contributed by atoms with van der Waals surface area (Å²) in [4.78, 5) is 11.5. The molecule has 4 heteroatoms. The predicted molar refractivity (Wildman–Crippen MR) is 91.5 cm³/mol. The molecule has 0 aliphatic carbocycles. The molecule has 2 aromatic rings. The normalized spacial score (nSPS) is 10.7. The van der Waals surface area contributed by atoms with Gasteiger partial charge in [0.2, 0.25) is 0 Å². The van der Waals surface area contributed by atoms with Gasteiger partial charge in [-0.2, -0.15) is 0 Å². The lowest BCUT2D eigenvalue weighted by atomic mass is 10.0. The molecule has 4 nitrogen and oxygen atoms in total. The smallest absolute Gasteiger partial charge is 0.308 e. The van der Waals surface area contributed by atoms with E-state index >= 15 is 0 Å². The third-order valence-electron chi connectivity index (χ3n) is 3.31. The maximum Gasteiger partial charge on any atom is 0.308 e. The van der Waals surface area contributed by atoms with Crippen molar-refractivity contribution in [1.29, 1.82) is 0 Å². The van der Waals surface area contributed by atoms with Crippen LogP contribution in [-0.2, 0) is 11.2 Å². The second kappa shape index (κ2) is 7.18. The van der Waals surface area contributed by atoms with Crippen LogP contribution in [0.4, 0.5) is 0 Å². The molecule has 2 aromatic carbocycles.